The standard InChI is InChI=1S/C31H48O6S.C3H9N3/c1-21(11-13-24-19-25(32)14-15-27(24)33)9-7-10-23(3)28(37-38(34,35)36)20-26-22(2)12-16-29-30(4,5)17-8-18-31(26,29)6;1-6(2)3(4)5/h11-12,14-15,19,23,26,28-29,32-33H,7-10,13,16-18,20H2,1-6H3,(H,34,35,36);1-2H3,(H3,4,5)/b21-11+;/t23-,26+,28-,29+,31-;/m1./s1. The molecule has 0 bridgehead atoms. The molecule has 0 amide bonds. The molecule has 1 fully saturated rings. The second-order valence-corrected chi connectivity index (χ2v) is 15.2. The first kappa shape index (κ1) is 37.6. The Hall–Kier alpha value is -2.56. The van der Waals surface area contributed by atoms with Crippen LogP contribution in [0.15, 0.2) is 41.5 Å². The molecule has 6 N–H and O–H groups in total. The van der Waals surface area contributed by atoms with E-state index in [4.69, 9.17) is 15.3 Å². The maximum absolute atomic E-state index is 11.9. The highest BCUT2D eigenvalue weighted by Crippen LogP contribution is 2.60. The van der Waals surface area contributed by atoms with Gasteiger partial charge in [0.2, 0.25) is 0 Å². The zero-order valence-corrected chi connectivity index (χ0v) is 28.9. The van der Waals surface area contributed by atoms with Crippen molar-refractivity contribution in [3.63, 3.8) is 0 Å². The predicted molar refractivity (Wildman–Crippen MR) is 178 cm³/mol. The quantitative estimate of drug-likeness (QED) is 0.0561. The number of hydrogen-bond donors (Lipinski definition) is 5. The molecule has 2 aliphatic carbocycles. The minimum absolute atomic E-state index is 0.0479. The third kappa shape index (κ3) is 10.8. The monoisotopic (exact) mass is 635 g/mol. The van der Waals surface area contributed by atoms with E-state index in [-0.39, 0.29) is 40.1 Å². The van der Waals surface area contributed by atoms with Gasteiger partial charge < -0.3 is 20.8 Å². The van der Waals surface area contributed by atoms with Crippen molar-refractivity contribution >= 4 is 16.4 Å². The van der Waals surface area contributed by atoms with Crippen molar-refractivity contribution in [3.8, 4) is 11.5 Å². The number of fused-ring (bicyclic) bond motifs is 1. The van der Waals surface area contributed by atoms with Gasteiger partial charge in [0.15, 0.2) is 5.96 Å². The number of phenolic OH excluding ortho intramolecular Hbond substituents is 2. The number of allylic oxidation sites excluding steroid dienone is 4. The summed E-state index contributed by atoms with van der Waals surface area (Å²) in [6.07, 6.45) is 12.0. The Balaban J connectivity index is 0.00000102. The van der Waals surface area contributed by atoms with E-state index < -0.39 is 16.5 Å². The summed E-state index contributed by atoms with van der Waals surface area (Å²) in [6.45, 7) is 13.3. The van der Waals surface area contributed by atoms with Gasteiger partial charge >= 0.3 is 10.4 Å². The first-order chi connectivity index (χ1) is 20.3. The second kappa shape index (κ2) is 15.6. The van der Waals surface area contributed by atoms with E-state index in [1.807, 2.05) is 19.9 Å². The highest BCUT2D eigenvalue weighted by Gasteiger charge is 2.52. The molecule has 2 aliphatic rings. The van der Waals surface area contributed by atoms with Gasteiger partial charge in [0, 0.05) is 19.7 Å². The van der Waals surface area contributed by atoms with Gasteiger partial charge in [-0.3, -0.25) is 9.96 Å². The Labute approximate surface area is 266 Å². The lowest BCUT2D eigenvalue weighted by atomic mass is 9.48. The van der Waals surface area contributed by atoms with Crippen LogP contribution in [0.3, 0.4) is 0 Å². The van der Waals surface area contributed by atoms with E-state index in [2.05, 4.69) is 33.8 Å². The van der Waals surface area contributed by atoms with Crippen LogP contribution in [0, 0.1) is 34.0 Å². The van der Waals surface area contributed by atoms with E-state index in [0.717, 1.165) is 37.7 Å². The summed E-state index contributed by atoms with van der Waals surface area (Å²) < 4.78 is 38.7. The zero-order valence-electron chi connectivity index (χ0n) is 28.1. The maximum atomic E-state index is 11.9. The van der Waals surface area contributed by atoms with E-state index in [1.54, 1.807) is 20.2 Å². The molecule has 250 valence electrons. The van der Waals surface area contributed by atoms with Crippen LogP contribution in [0.25, 0.3) is 0 Å². The van der Waals surface area contributed by atoms with Crippen LogP contribution in [0.2, 0.25) is 0 Å². The molecular weight excluding hydrogens is 578 g/mol. The molecule has 0 unspecified atom stereocenters. The fraction of sp³-hybridized carbons (Fsp3) is 0.676. The molecule has 0 heterocycles. The Morgan fingerprint density at radius 3 is 2.45 bits per heavy atom. The average molecular weight is 636 g/mol. The van der Waals surface area contributed by atoms with Crippen molar-refractivity contribution < 1.29 is 27.4 Å². The number of guanidine groups is 1. The van der Waals surface area contributed by atoms with Crippen LogP contribution >= 0.6 is 0 Å². The highest BCUT2D eigenvalue weighted by molar-refractivity contribution is 7.80. The topological polar surface area (TPSA) is 157 Å². The Morgan fingerprint density at radius 1 is 1.23 bits per heavy atom. The minimum Gasteiger partial charge on any atom is -0.508 e. The smallest absolute Gasteiger partial charge is 0.397 e. The van der Waals surface area contributed by atoms with Crippen LogP contribution in [-0.4, -0.2) is 54.2 Å². The van der Waals surface area contributed by atoms with Crippen molar-refractivity contribution in [1.82, 2.24) is 4.90 Å². The van der Waals surface area contributed by atoms with Crippen molar-refractivity contribution in [2.75, 3.05) is 14.1 Å². The molecule has 44 heavy (non-hydrogen) atoms. The number of nitrogens with one attached hydrogen (secondary N) is 1. The number of nitrogens with zero attached hydrogens (tertiary/aromatic N) is 1. The molecule has 3 rings (SSSR count). The van der Waals surface area contributed by atoms with Gasteiger partial charge in [-0.25, -0.2) is 4.18 Å². The van der Waals surface area contributed by atoms with Crippen LogP contribution in [0.1, 0.15) is 98.5 Å². The third-order valence-corrected chi connectivity index (χ3v) is 10.6. The van der Waals surface area contributed by atoms with Gasteiger partial charge in [-0.1, -0.05) is 57.4 Å². The van der Waals surface area contributed by atoms with Gasteiger partial charge in [0.1, 0.15) is 11.5 Å². The maximum Gasteiger partial charge on any atom is 0.397 e. The van der Waals surface area contributed by atoms with Crippen LogP contribution in [0.5, 0.6) is 11.5 Å². The second-order valence-electron chi connectivity index (χ2n) is 14.2. The molecule has 0 aromatic heterocycles. The molecule has 0 radical (unpaired) electrons. The van der Waals surface area contributed by atoms with Crippen molar-refractivity contribution in [2.45, 2.75) is 105 Å². The van der Waals surface area contributed by atoms with Gasteiger partial charge in [-0.05, 0) is 112 Å². The number of benzene rings is 1. The summed E-state index contributed by atoms with van der Waals surface area (Å²) in [6, 6.07) is 4.52. The number of aromatic hydroxyl groups is 2. The van der Waals surface area contributed by atoms with Crippen molar-refractivity contribution in [3.05, 3.63) is 47.1 Å². The van der Waals surface area contributed by atoms with E-state index >= 15 is 0 Å². The van der Waals surface area contributed by atoms with Gasteiger partial charge in [0.05, 0.1) is 6.10 Å². The fourth-order valence-corrected chi connectivity index (χ4v) is 7.94. The highest BCUT2D eigenvalue weighted by atomic mass is 32.3. The predicted octanol–water partition coefficient (Wildman–Crippen LogP) is 7.21. The first-order valence-corrected chi connectivity index (χ1v) is 17.1. The summed E-state index contributed by atoms with van der Waals surface area (Å²) in [5.74, 6) is 1.09. The lowest BCUT2D eigenvalue weighted by Crippen LogP contribution is -2.49. The molecule has 10 heteroatoms. The van der Waals surface area contributed by atoms with E-state index in [0.29, 0.717) is 24.3 Å². The van der Waals surface area contributed by atoms with Crippen LogP contribution in [-0.2, 0) is 21.0 Å². The first-order valence-electron chi connectivity index (χ1n) is 15.8. The third-order valence-electron chi connectivity index (χ3n) is 10.1. The Bertz CT molecular complexity index is 1290. The average Bonchev–Trinajstić information content (AvgIpc) is 2.89. The largest absolute Gasteiger partial charge is 0.508 e. The van der Waals surface area contributed by atoms with Gasteiger partial charge in [0.25, 0.3) is 0 Å². The molecule has 1 saturated carbocycles. The summed E-state index contributed by atoms with van der Waals surface area (Å²) in [5.41, 5.74) is 8.42. The molecule has 1 aromatic rings. The SMILES string of the molecule is CC1=CC[C@H]2C(C)(C)CCC[C@]2(C)[C@H]1C[C@@H](OS(=O)(=O)O)[C@H](C)CCC/C(C)=C/Cc1cc(O)ccc1O.CN(C)C(=N)N. The van der Waals surface area contributed by atoms with E-state index in [9.17, 15) is 23.2 Å². The van der Waals surface area contributed by atoms with Crippen molar-refractivity contribution in [1.29, 1.82) is 5.41 Å². The molecule has 9 nitrogen and oxygen atoms in total. The summed E-state index contributed by atoms with van der Waals surface area (Å²) >= 11 is 0. The van der Waals surface area contributed by atoms with Gasteiger partial charge in [-0.15, -0.1) is 0 Å². The summed E-state index contributed by atoms with van der Waals surface area (Å²) in [7, 11) is -1.12. The summed E-state index contributed by atoms with van der Waals surface area (Å²) in [5, 5.41) is 26.3. The van der Waals surface area contributed by atoms with E-state index in [1.165, 1.54) is 35.4 Å². The number of hydrogen-bond acceptors (Lipinski definition) is 6. The molecule has 0 aliphatic heterocycles. The molecular formula is C34H57N3O6S. The Kier molecular flexibility index (Phi) is 13.4. The number of phenols is 2. The van der Waals surface area contributed by atoms with Gasteiger partial charge in [-0.2, -0.15) is 8.42 Å². The van der Waals surface area contributed by atoms with Crippen LogP contribution < -0.4 is 5.73 Å². The molecule has 5 atom stereocenters. The Morgan fingerprint density at radius 2 is 1.86 bits per heavy atom. The zero-order chi connectivity index (χ0) is 33.5. The molecule has 0 saturated heterocycles. The summed E-state index contributed by atoms with van der Waals surface area (Å²) in [4.78, 5) is 1.53. The fourth-order valence-electron chi connectivity index (χ4n) is 7.36. The number of rotatable bonds is 11. The molecule has 1 aromatic carbocycles. The lowest BCUT2D eigenvalue weighted by Gasteiger charge is -2.57. The minimum atomic E-state index is -4.57. The number of nitrogens with two attached hydrogens (primary N) is 1. The lowest BCUT2D eigenvalue weighted by molar-refractivity contribution is -0.0517. The van der Waals surface area contributed by atoms with Crippen molar-refractivity contribution in [2.24, 2.45) is 34.3 Å². The molecule has 0 spiro atoms. The normalized spacial score (nSPS) is 24.7. The van der Waals surface area contributed by atoms with Crippen LogP contribution in [0.4, 0.5) is 0 Å².